The van der Waals surface area contributed by atoms with E-state index in [1.165, 1.54) is 6.07 Å². The SMILES string of the molecule is CCNC(=NCc1ccccc1F)NCCCOCc1ccc(OC)cc1.I. The number of hydrogen-bond donors (Lipinski definition) is 2. The van der Waals surface area contributed by atoms with E-state index in [1.54, 1.807) is 19.2 Å². The monoisotopic (exact) mass is 501 g/mol. The van der Waals surface area contributed by atoms with Crippen LogP contribution in [0.3, 0.4) is 0 Å². The van der Waals surface area contributed by atoms with Crippen LogP contribution in [-0.4, -0.2) is 32.8 Å². The summed E-state index contributed by atoms with van der Waals surface area (Å²) in [6.07, 6.45) is 0.847. The van der Waals surface area contributed by atoms with Gasteiger partial charge in [0.2, 0.25) is 0 Å². The number of hydrogen-bond acceptors (Lipinski definition) is 3. The standard InChI is InChI=1S/C21H28FN3O2.HI/c1-3-23-21(25-15-18-7-4-5-8-20(18)22)24-13-6-14-27-16-17-9-11-19(26-2)12-10-17;/h4-5,7-12H,3,6,13-16H2,1-2H3,(H2,23,24,25);1H. The predicted octanol–water partition coefficient (Wildman–Crippen LogP) is 4.11. The normalized spacial score (nSPS) is 10.9. The first kappa shape index (κ1) is 24.2. The van der Waals surface area contributed by atoms with E-state index < -0.39 is 0 Å². The van der Waals surface area contributed by atoms with Gasteiger partial charge in [-0.1, -0.05) is 30.3 Å². The molecule has 0 aliphatic rings. The largest absolute Gasteiger partial charge is 0.497 e. The van der Waals surface area contributed by atoms with Crippen LogP contribution in [0.2, 0.25) is 0 Å². The maximum atomic E-state index is 13.7. The molecule has 2 N–H and O–H groups in total. The van der Waals surface area contributed by atoms with Crippen molar-refractivity contribution in [1.82, 2.24) is 10.6 Å². The molecule has 2 rings (SSSR count). The molecule has 2 aromatic rings. The minimum absolute atomic E-state index is 0. The van der Waals surface area contributed by atoms with Crippen LogP contribution >= 0.6 is 24.0 Å². The lowest BCUT2D eigenvalue weighted by Gasteiger charge is -2.11. The lowest BCUT2D eigenvalue weighted by Crippen LogP contribution is -2.38. The van der Waals surface area contributed by atoms with Gasteiger partial charge >= 0.3 is 0 Å². The van der Waals surface area contributed by atoms with Crippen molar-refractivity contribution in [3.05, 3.63) is 65.5 Å². The molecule has 0 radical (unpaired) electrons. The number of nitrogens with zero attached hydrogens (tertiary/aromatic N) is 1. The van der Waals surface area contributed by atoms with Gasteiger partial charge in [-0.25, -0.2) is 9.38 Å². The molecule has 0 unspecified atom stereocenters. The Labute approximate surface area is 183 Å². The Balaban J connectivity index is 0.00000392. The third kappa shape index (κ3) is 8.88. The molecule has 0 spiro atoms. The topological polar surface area (TPSA) is 54.9 Å². The molecule has 0 fully saturated rings. The Morgan fingerprint density at radius 3 is 2.50 bits per heavy atom. The fourth-order valence-corrected chi connectivity index (χ4v) is 2.43. The lowest BCUT2D eigenvalue weighted by atomic mass is 10.2. The van der Waals surface area contributed by atoms with Crippen LogP contribution in [0, 0.1) is 5.82 Å². The Morgan fingerprint density at radius 2 is 1.82 bits per heavy atom. The van der Waals surface area contributed by atoms with Crippen LogP contribution in [0.4, 0.5) is 4.39 Å². The zero-order chi connectivity index (χ0) is 19.3. The number of halogens is 2. The Kier molecular flexibility index (Phi) is 12.2. The summed E-state index contributed by atoms with van der Waals surface area (Å²) in [4.78, 5) is 4.43. The number of aliphatic imine (C=N–C) groups is 1. The summed E-state index contributed by atoms with van der Waals surface area (Å²) >= 11 is 0. The van der Waals surface area contributed by atoms with Crippen LogP contribution in [0.5, 0.6) is 5.75 Å². The van der Waals surface area contributed by atoms with E-state index >= 15 is 0 Å². The van der Waals surface area contributed by atoms with Crippen LogP contribution < -0.4 is 15.4 Å². The molecule has 0 aliphatic carbocycles. The van der Waals surface area contributed by atoms with Gasteiger partial charge in [-0.3, -0.25) is 0 Å². The zero-order valence-electron chi connectivity index (χ0n) is 16.4. The van der Waals surface area contributed by atoms with Gasteiger partial charge in [0, 0.05) is 25.3 Å². The molecule has 0 saturated heterocycles. The molecule has 0 atom stereocenters. The maximum Gasteiger partial charge on any atom is 0.191 e. The Hall–Kier alpha value is -1.87. The van der Waals surface area contributed by atoms with Gasteiger partial charge in [0.1, 0.15) is 11.6 Å². The molecule has 154 valence electrons. The van der Waals surface area contributed by atoms with Gasteiger partial charge in [0.15, 0.2) is 5.96 Å². The highest BCUT2D eigenvalue weighted by Crippen LogP contribution is 2.12. The second kappa shape index (κ2) is 14.2. The Bertz CT molecular complexity index is 711. The third-order valence-electron chi connectivity index (χ3n) is 3.90. The summed E-state index contributed by atoms with van der Waals surface area (Å²) in [7, 11) is 1.65. The number of benzene rings is 2. The number of methoxy groups -OCH3 is 1. The van der Waals surface area contributed by atoms with Crippen molar-refractivity contribution in [2.75, 3.05) is 26.8 Å². The van der Waals surface area contributed by atoms with Gasteiger partial charge < -0.3 is 20.1 Å². The van der Waals surface area contributed by atoms with Gasteiger partial charge in [-0.15, -0.1) is 24.0 Å². The van der Waals surface area contributed by atoms with Crippen molar-refractivity contribution in [3.63, 3.8) is 0 Å². The Morgan fingerprint density at radius 1 is 1.07 bits per heavy atom. The fourth-order valence-electron chi connectivity index (χ4n) is 2.43. The van der Waals surface area contributed by atoms with Gasteiger partial charge in [-0.05, 0) is 37.1 Å². The first-order chi connectivity index (χ1) is 13.2. The van der Waals surface area contributed by atoms with E-state index in [2.05, 4.69) is 15.6 Å². The summed E-state index contributed by atoms with van der Waals surface area (Å²) in [5, 5.41) is 6.41. The van der Waals surface area contributed by atoms with Crippen molar-refractivity contribution in [3.8, 4) is 5.75 Å². The highest BCUT2D eigenvalue weighted by molar-refractivity contribution is 14.0. The van der Waals surface area contributed by atoms with Crippen molar-refractivity contribution in [2.24, 2.45) is 4.99 Å². The maximum absolute atomic E-state index is 13.7. The molecule has 0 heterocycles. The average Bonchev–Trinajstić information content (AvgIpc) is 2.70. The molecule has 0 bridgehead atoms. The van der Waals surface area contributed by atoms with Crippen molar-refractivity contribution >= 4 is 29.9 Å². The minimum atomic E-state index is -0.232. The lowest BCUT2D eigenvalue weighted by molar-refractivity contribution is 0.119. The van der Waals surface area contributed by atoms with Crippen LogP contribution in [0.1, 0.15) is 24.5 Å². The van der Waals surface area contributed by atoms with E-state index in [9.17, 15) is 4.39 Å². The van der Waals surface area contributed by atoms with E-state index in [1.807, 2.05) is 37.3 Å². The number of guanidine groups is 1. The highest BCUT2D eigenvalue weighted by Gasteiger charge is 2.01. The number of ether oxygens (including phenoxy) is 2. The first-order valence-corrected chi connectivity index (χ1v) is 9.19. The number of nitrogens with one attached hydrogen (secondary N) is 2. The fraction of sp³-hybridized carbons (Fsp3) is 0.381. The van der Waals surface area contributed by atoms with Crippen molar-refractivity contribution < 1.29 is 13.9 Å². The van der Waals surface area contributed by atoms with Crippen LogP contribution in [-0.2, 0) is 17.9 Å². The zero-order valence-corrected chi connectivity index (χ0v) is 18.7. The summed E-state index contributed by atoms with van der Waals surface area (Å²) in [5.41, 5.74) is 1.70. The molecule has 0 aromatic heterocycles. The first-order valence-electron chi connectivity index (χ1n) is 9.19. The minimum Gasteiger partial charge on any atom is -0.497 e. The predicted molar refractivity (Wildman–Crippen MR) is 122 cm³/mol. The summed E-state index contributed by atoms with van der Waals surface area (Å²) < 4.78 is 24.5. The van der Waals surface area contributed by atoms with Gasteiger partial charge in [0.25, 0.3) is 0 Å². The van der Waals surface area contributed by atoms with Crippen LogP contribution in [0.25, 0.3) is 0 Å². The molecule has 0 amide bonds. The second-order valence-corrected chi connectivity index (χ2v) is 5.97. The summed E-state index contributed by atoms with van der Waals surface area (Å²) in [6.45, 7) is 4.99. The smallest absolute Gasteiger partial charge is 0.191 e. The van der Waals surface area contributed by atoms with Crippen molar-refractivity contribution in [1.29, 1.82) is 0 Å². The van der Waals surface area contributed by atoms with E-state index in [0.29, 0.717) is 31.3 Å². The molecule has 7 heteroatoms. The molecule has 5 nitrogen and oxygen atoms in total. The van der Waals surface area contributed by atoms with E-state index in [4.69, 9.17) is 9.47 Å². The van der Waals surface area contributed by atoms with Gasteiger partial charge in [-0.2, -0.15) is 0 Å². The molecular weight excluding hydrogens is 472 g/mol. The summed E-state index contributed by atoms with van der Waals surface area (Å²) in [5.74, 6) is 1.29. The molecule has 0 aliphatic heterocycles. The number of rotatable bonds is 10. The van der Waals surface area contributed by atoms with E-state index in [0.717, 1.165) is 30.8 Å². The van der Waals surface area contributed by atoms with E-state index in [-0.39, 0.29) is 29.8 Å². The molecular formula is C21H29FIN3O2. The second-order valence-electron chi connectivity index (χ2n) is 5.97. The molecule has 28 heavy (non-hydrogen) atoms. The highest BCUT2D eigenvalue weighted by atomic mass is 127. The third-order valence-corrected chi connectivity index (χ3v) is 3.90. The van der Waals surface area contributed by atoms with Gasteiger partial charge in [0.05, 0.1) is 20.3 Å². The molecule has 2 aromatic carbocycles. The average molecular weight is 501 g/mol. The summed E-state index contributed by atoms with van der Waals surface area (Å²) in [6, 6.07) is 14.5. The van der Waals surface area contributed by atoms with Crippen LogP contribution in [0.15, 0.2) is 53.5 Å². The molecule has 0 saturated carbocycles. The van der Waals surface area contributed by atoms with Crippen molar-refractivity contribution in [2.45, 2.75) is 26.5 Å². The quantitative estimate of drug-likeness (QED) is 0.223.